The van der Waals surface area contributed by atoms with Crippen molar-refractivity contribution in [2.45, 2.75) is 13.3 Å². The van der Waals surface area contributed by atoms with E-state index in [1.54, 1.807) is 0 Å². The molecule has 1 aromatic rings. The number of carbonyl (C=O) groups is 1. The molecular weight excluding hydrogens is 357 g/mol. The van der Waals surface area contributed by atoms with Gasteiger partial charge in [0.1, 0.15) is 5.75 Å². The Morgan fingerprint density at radius 1 is 1.25 bits per heavy atom. The molecule has 0 aromatic heterocycles. The van der Waals surface area contributed by atoms with E-state index in [4.69, 9.17) is 0 Å². The molecule has 16 heavy (non-hydrogen) atoms. The van der Waals surface area contributed by atoms with E-state index in [1.807, 2.05) is 0 Å². The maximum atomic E-state index is 12.0. The van der Waals surface area contributed by atoms with Crippen LogP contribution in [0.1, 0.15) is 17.3 Å². The second kappa shape index (κ2) is 4.75. The van der Waals surface area contributed by atoms with Crippen molar-refractivity contribution in [2.24, 2.45) is 0 Å². The number of ether oxygens (including phenoxy) is 1. The van der Waals surface area contributed by atoms with Crippen molar-refractivity contribution in [2.75, 3.05) is 0 Å². The van der Waals surface area contributed by atoms with Gasteiger partial charge in [0.05, 0.1) is 4.47 Å². The van der Waals surface area contributed by atoms with Crippen LogP contribution in [-0.4, -0.2) is 12.1 Å². The Bertz CT molecular complexity index is 429. The van der Waals surface area contributed by atoms with Crippen molar-refractivity contribution in [3.05, 3.63) is 26.6 Å². The Labute approximate surface area is 106 Å². The van der Waals surface area contributed by atoms with Gasteiger partial charge in [0.25, 0.3) is 0 Å². The standard InChI is InChI=1S/C9H5Br2F3O2/c1-4(15)5-2-8(16-9(12,13)14)7(11)3-6(5)10/h2-3H,1H3. The van der Waals surface area contributed by atoms with Gasteiger partial charge in [-0.15, -0.1) is 13.2 Å². The molecule has 0 N–H and O–H groups in total. The zero-order valence-electron chi connectivity index (χ0n) is 7.86. The van der Waals surface area contributed by atoms with Crippen LogP contribution >= 0.6 is 31.9 Å². The van der Waals surface area contributed by atoms with E-state index in [9.17, 15) is 18.0 Å². The molecule has 0 radical (unpaired) electrons. The van der Waals surface area contributed by atoms with Gasteiger partial charge in [-0.1, -0.05) is 15.9 Å². The first-order valence-electron chi connectivity index (χ1n) is 3.96. The SMILES string of the molecule is CC(=O)c1cc(OC(F)(F)F)c(Br)cc1Br. The van der Waals surface area contributed by atoms with Crippen LogP contribution in [0.5, 0.6) is 5.75 Å². The predicted molar refractivity (Wildman–Crippen MR) is 58.5 cm³/mol. The molecule has 88 valence electrons. The molecule has 0 saturated carbocycles. The number of Topliss-reactive ketones (excluding diaryl/α,β-unsaturated/α-hetero) is 1. The summed E-state index contributed by atoms with van der Waals surface area (Å²) in [7, 11) is 0. The second-order valence-electron chi connectivity index (χ2n) is 2.87. The zero-order chi connectivity index (χ0) is 12.5. The minimum Gasteiger partial charge on any atom is -0.405 e. The van der Waals surface area contributed by atoms with E-state index in [1.165, 1.54) is 13.0 Å². The third-order valence-corrected chi connectivity index (χ3v) is 2.90. The molecule has 0 aliphatic carbocycles. The number of benzene rings is 1. The number of halogens is 5. The van der Waals surface area contributed by atoms with E-state index in [0.29, 0.717) is 4.47 Å². The lowest BCUT2D eigenvalue weighted by atomic mass is 10.1. The van der Waals surface area contributed by atoms with Gasteiger partial charge < -0.3 is 4.74 Å². The molecule has 0 spiro atoms. The van der Waals surface area contributed by atoms with Gasteiger partial charge in [0.15, 0.2) is 5.78 Å². The van der Waals surface area contributed by atoms with Crippen LogP contribution in [0.2, 0.25) is 0 Å². The summed E-state index contributed by atoms with van der Waals surface area (Å²) in [6.45, 7) is 1.26. The third-order valence-electron chi connectivity index (χ3n) is 1.63. The Morgan fingerprint density at radius 2 is 1.81 bits per heavy atom. The Balaban J connectivity index is 3.20. The van der Waals surface area contributed by atoms with Crippen molar-refractivity contribution in [3.63, 3.8) is 0 Å². The van der Waals surface area contributed by atoms with Crippen LogP contribution in [0, 0.1) is 0 Å². The zero-order valence-corrected chi connectivity index (χ0v) is 11.0. The van der Waals surface area contributed by atoms with Crippen LogP contribution < -0.4 is 4.74 Å². The molecule has 1 aromatic carbocycles. The molecule has 0 aliphatic rings. The normalized spacial score (nSPS) is 11.4. The van der Waals surface area contributed by atoms with Crippen molar-refractivity contribution in [1.82, 2.24) is 0 Å². The molecule has 7 heteroatoms. The highest BCUT2D eigenvalue weighted by molar-refractivity contribution is 9.11. The molecule has 0 aliphatic heterocycles. The highest BCUT2D eigenvalue weighted by Crippen LogP contribution is 2.35. The number of ketones is 1. The van der Waals surface area contributed by atoms with Crippen molar-refractivity contribution in [3.8, 4) is 5.75 Å². The largest absolute Gasteiger partial charge is 0.573 e. The summed E-state index contributed by atoms with van der Waals surface area (Å²) in [5, 5.41) is 0. The fourth-order valence-corrected chi connectivity index (χ4v) is 2.36. The first-order chi connectivity index (χ1) is 7.20. The summed E-state index contributed by atoms with van der Waals surface area (Å²) in [5.41, 5.74) is 0.127. The number of hydrogen-bond acceptors (Lipinski definition) is 2. The molecular formula is C9H5Br2F3O2. The number of rotatable bonds is 2. The van der Waals surface area contributed by atoms with E-state index < -0.39 is 12.1 Å². The smallest absolute Gasteiger partial charge is 0.405 e. The molecule has 1 rings (SSSR count). The topological polar surface area (TPSA) is 26.3 Å². The lowest BCUT2D eigenvalue weighted by Gasteiger charge is -2.12. The monoisotopic (exact) mass is 360 g/mol. The lowest BCUT2D eigenvalue weighted by molar-refractivity contribution is -0.274. The van der Waals surface area contributed by atoms with E-state index >= 15 is 0 Å². The van der Waals surface area contributed by atoms with Crippen LogP contribution in [-0.2, 0) is 0 Å². The van der Waals surface area contributed by atoms with Gasteiger partial charge in [0.2, 0.25) is 0 Å². The summed E-state index contributed by atoms with van der Waals surface area (Å²) in [4.78, 5) is 11.1. The second-order valence-corrected chi connectivity index (χ2v) is 4.58. The van der Waals surface area contributed by atoms with E-state index in [0.717, 1.165) is 6.07 Å². The number of alkyl halides is 3. The van der Waals surface area contributed by atoms with Gasteiger partial charge in [-0.3, -0.25) is 4.79 Å². The molecule has 0 heterocycles. The molecule has 0 amide bonds. The minimum atomic E-state index is -4.79. The highest BCUT2D eigenvalue weighted by Gasteiger charge is 2.32. The molecule has 0 saturated heterocycles. The average molecular weight is 362 g/mol. The first kappa shape index (κ1) is 13.5. The summed E-state index contributed by atoms with van der Waals surface area (Å²) in [6.07, 6.45) is -4.79. The van der Waals surface area contributed by atoms with Gasteiger partial charge in [0, 0.05) is 10.0 Å². The first-order valence-corrected chi connectivity index (χ1v) is 5.55. The maximum Gasteiger partial charge on any atom is 0.573 e. The molecule has 0 bridgehead atoms. The fourth-order valence-electron chi connectivity index (χ4n) is 1.00. The molecule has 0 fully saturated rings. The van der Waals surface area contributed by atoms with Gasteiger partial charge >= 0.3 is 6.36 Å². The minimum absolute atomic E-state index is 0.113. The summed E-state index contributed by atoms with van der Waals surface area (Å²) < 4.78 is 40.3. The van der Waals surface area contributed by atoms with Crippen LogP contribution in [0.25, 0.3) is 0 Å². The van der Waals surface area contributed by atoms with Crippen molar-refractivity contribution >= 4 is 37.6 Å². The Kier molecular flexibility index (Phi) is 4.01. The molecule has 0 atom stereocenters. The maximum absolute atomic E-state index is 12.0. The van der Waals surface area contributed by atoms with Crippen molar-refractivity contribution in [1.29, 1.82) is 0 Å². The summed E-state index contributed by atoms with van der Waals surface area (Å²) >= 11 is 5.99. The molecule has 2 nitrogen and oxygen atoms in total. The third kappa shape index (κ3) is 3.48. The number of hydrogen-bond donors (Lipinski definition) is 0. The van der Waals surface area contributed by atoms with Gasteiger partial charge in [-0.25, -0.2) is 0 Å². The van der Waals surface area contributed by atoms with Gasteiger partial charge in [-0.2, -0.15) is 0 Å². The highest BCUT2D eigenvalue weighted by atomic mass is 79.9. The summed E-state index contributed by atoms with van der Waals surface area (Å²) in [5.74, 6) is -0.799. The lowest BCUT2D eigenvalue weighted by Crippen LogP contribution is -2.17. The fraction of sp³-hybridized carbons (Fsp3) is 0.222. The van der Waals surface area contributed by atoms with E-state index in [-0.39, 0.29) is 15.8 Å². The Hall–Kier alpha value is -0.560. The quantitative estimate of drug-likeness (QED) is 0.733. The van der Waals surface area contributed by atoms with E-state index in [2.05, 4.69) is 36.6 Å². The number of carbonyl (C=O) groups excluding carboxylic acids is 1. The van der Waals surface area contributed by atoms with Crippen LogP contribution in [0.15, 0.2) is 21.1 Å². The predicted octanol–water partition coefficient (Wildman–Crippen LogP) is 4.31. The average Bonchev–Trinajstić information content (AvgIpc) is 2.07. The van der Waals surface area contributed by atoms with Crippen LogP contribution in [0.4, 0.5) is 13.2 Å². The van der Waals surface area contributed by atoms with Gasteiger partial charge in [-0.05, 0) is 35.0 Å². The summed E-state index contributed by atoms with van der Waals surface area (Å²) in [6, 6.07) is 2.36. The molecule has 0 unspecified atom stereocenters. The Morgan fingerprint density at radius 3 is 2.25 bits per heavy atom. The van der Waals surface area contributed by atoms with Crippen LogP contribution in [0.3, 0.4) is 0 Å². The van der Waals surface area contributed by atoms with Crippen molar-refractivity contribution < 1.29 is 22.7 Å².